The van der Waals surface area contributed by atoms with E-state index in [4.69, 9.17) is 5.26 Å². The zero-order valence-corrected chi connectivity index (χ0v) is 20.2. The second-order valence-corrected chi connectivity index (χ2v) is 10.6. The van der Waals surface area contributed by atoms with Crippen molar-refractivity contribution in [2.45, 2.75) is 75.9 Å². The number of hydrogen-bond acceptors (Lipinski definition) is 5. The van der Waals surface area contributed by atoms with Crippen LogP contribution in [0, 0.1) is 11.5 Å². The summed E-state index contributed by atoms with van der Waals surface area (Å²) in [5.41, 5.74) is 0.804. The summed E-state index contributed by atoms with van der Waals surface area (Å²) in [5.74, 6) is 0.413. The molecule has 8 nitrogen and oxygen atoms in total. The van der Waals surface area contributed by atoms with E-state index < -0.39 is 16.7 Å². The van der Waals surface area contributed by atoms with Gasteiger partial charge in [-0.05, 0) is 37.8 Å². The molecule has 0 aliphatic heterocycles. The number of sulfonamides is 1. The summed E-state index contributed by atoms with van der Waals surface area (Å²) in [6, 6.07) is 3.59. The molecule has 1 aromatic rings. The molecule has 0 amide bonds. The number of pyridine rings is 1. The molecule has 1 saturated carbocycles. The quantitative estimate of drug-likeness (QED) is 0.179. The van der Waals surface area contributed by atoms with Crippen LogP contribution in [0.1, 0.15) is 70.6 Å². The molecule has 1 heterocycles. The van der Waals surface area contributed by atoms with Crippen LogP contribution >= 0.6 is 0 Å². The molecular formula is C23H37FN6O2S. The molecule has 0 spiro atoms. The fraction of sp³-hybridized carbons (Fsp3) is 0.696. The van der Waals surface area contributed by atoms with Crippen LogP contribution in [-0.4, -0.2) is 55.2 Å². The third kappa shape index (κ3) is 10.0. The lowest BCUT2D eigenvalue weighted by molar-refractivity contribution is 0.338. The normalized spacial score (nSPS) is 15.4. The smallest absolute Gasteiger partial charge is 0.217 e. The number of anilines is 1. The lowest BCUT2D eigenvalue weighted by Crippen LogP contribution is -2.41. The van der Waals surface area contributed by atoms with Crippen LogP contribution in [0.5, 0.6) is 0 Å². The molecule has 0 radical (unpaired) electrons. The minimum absolute atomic E-state index is 0.0232. The number of aromatic nitrogens is 1. The van der Waals surface area contributed by atoms with E-state index in [1.165, 1.54) is 4.31 Å². The van der Waals surface area contributed by atoms with Crippen molar-refractivity contribution < 1.29 is 12.8 Å². The van der Waals surface area contributed by atoms with Gasteiger partial charge in [-0.1, -0.05) is 44.9 Å². The summed E-state index contributed by atoms with van der Waals surface area (Å²) in [6.45, 7) is 0.456. The highest BCUT2D eigenvalue weighted by Gasteiger charge is 2.32. The second kappa shape index (κ2) is 15.6. The molecule has 2 N–H and O–H groups in total. The highest BCUT2D eigenvalue weighted by molar-refractivity contribution is 7.89. The Bertz CT molecular complexity index is 838. The third-order valence-corrected chi connectivity index (χ3v) is 8.30. The van der Waals surface area contributed by atoms with Crippen LogP contribution < -0.4 is 10.6 Å². The first-order valence-electron chi connectivity index (χ1n) is 12.0. The molecule has 1 aliphatic carbocycles. The van der Waals surface area contributed by atoms with Gasteiger partial charge >= 0.3 is 0 Å². The number of guanidine groups is 1. The van der Waals surface area contributed by atoms with Crippen molar-refractivity contribution >= 4 is 21.7 Å². The zero-order chi connectivity index (χ0) is 23.8. The topological polar surface area (TPSA) is 110 Å². The fourth-order valence-corrected chi connectivity index (χ4v) is 6.15. The van der Waals surface area contributed by atoms with Gasteiger partial charge in [0.1, 0.15) is 6.67 Å². The molecular weight excluding hydrogens is 443 g/mol. The minimum atomic E-state index is -3.39. The molecule has 2 rings (SSSR count). The first-order chi connectivity index (χ1) is 16.1. The average molecular weight is 481 g/mol. The maximum atomic E-state index is 13.0. The number of aliphatic imine (C=N–C) groups is 1. The van der Waals surface area contributed by atoms with Crippen LogP contribution in [0.3, 0.4) is 0 Å². The van der Waals surface area contributed by atoms with Gasteiger partial charge in [-0.2, -0.15) is 9.57 Å². The molecule has 0 unspecified atom stereocenters. The highest BCUT2D eigenvalue weighted by atomic mass is 32.2. The van der Waals surface area contributed by atoms with E-state index in [0.717, 1.165) is 63.5 Å². The van der Waals surface area contributed by atoms with Crippen molar-refractivity contribution in [3.8, 4) is 6.19 Å². The number of nitriles is 1. The standard InChI is InChI=1S/C23H37FN6O2S/c24-14-19-30(33(31,32)22-10-6-5-7-11-22)18-9-4-2-1-3-8-15-27-23(28-20-25)29-21-12-16-26-17-13-21/h12-13,16-17,22H,1-11,14-15,18-19H2,(H2,26,27,28,29). The van der Waals surface area contributed by atoms with E-state index >= 15 is 0 Å². The molecule has 1 fully saturated rings. The Balaban J connectivity index is 1.59. The number of alkyl halides is 1. The van der Waals surface area contributed by atoms with E-state index in [1.807, 2.05) is 0 Å². The zero-order valence-electron chi connectivity index (χ0n) is 19.4. The van der Waals surface area contributed by atoms with Crippen LogP contribution in [0.4, 0.5) is 10.1 Å². The molecule has 1 aliphatic rings. The van der Waals surface area contributed by atoms with Crippen LogP contribution in [-0.2, 0) is 10.0 Å². The molecule has 0 bridgehead atoms. The van der Waals surface area contributed by atoms with Crippen LogP contribution in [0.2, 0.25) is 0 Å². The second-order valence-electron chi connectivity index (χ2n) is 8.36. The monoisotopic (exact) mass is 480 g/mol. The van der Waals surface area contributed by atoms with Crippen molar-refractivity contribution in [3.63, 3.8) is 0 Å². The molecule has 0 atom stereocenters. The van der Waals surface area contributed by atoms with Crippen molar-refractivity contribution in [2.24, 2.45) is 4.99 Å². The number of halogens is 1. The molecule has 184 valence electrons. The van der Waals surface area contributed by atoms with E-state index in [2.05, 4.69) is 20.6 Å². The van der Waals surface area contributed by atoms with Crippen molar-refractivity contribution in [2.75, 3.05) is 31.6 Å². The minimum Gasteiger partial charge on any atom is -0.355 e. The van der Waals surface area contributed by atoms with Gasteiger partial charge in [0.05, 0.1) is 5.25 Å². The van der Waals surface area contributed by atoms with Gasteiger partial charge in [0.2, 0.25) is 22.2 Å². The van der Waals surface area contributed by atoms with Crippen molar-refractivity contribution in [1.82, 2.24) is 14.6 Å². The molecule has 33 heavy (non-hydrogen) atoms. The summed E-state index contributed by atoms with van der Waals surface area (Å²) in [5, 5.41) is 14.7. The Kier molecular flexibility index (Phi) is 12.7. The van der Waals surface area contributed by atoms with Gasteiger partial charge in [-0.25, -0.2) is 12.8 Å². The Hall–Kier alpha value is -2.25. The first kappa shape index (κ1) is 27.0. The number of rotatable bonds is 14. The van der Waals surface area contributed by atoms with Gasteiger partial charge in [-0.15, -0.1) is 4.99 Å². The Labute approximate surface area is 197 Å². The Morgan fingerprint density at radius 1 is 1.09 bits per heavy atom. The van der Waals surface area contributed by atoms with Crippen LogP contribution in [0.25, 0.3) is 0 Å². The van der Waals surface area contributed by atoms with Gasteiger partial charge in [0.25, 0.3) is 0 Å². The lowest BCUT2D eigenvalue weighted by Gasteiger charge is -2.29. The van der Waals surface area contributed by atoms with Gasteiger partial charge in [-0.3, -0.25) is 4.98 Å². The van der Waals surface area contributed by atoms with Gasteiger partial charge in [0.15, 0.2) is 0 Å². The lowest BCUT2D eigenvalue weighted by atomic mass is 10.0. The predicted molar refractivity (Wildman–Crippen MR) is 130 cm³/mol. The van der Waals surface area contributed by atoms with Gasteiger partial charge < -0.3 is 10.6 Å². The molecule has 10 heteroatoms. The third-order valence-electron chi connectivity index (χ3n) is 5.90. The Morgan fingerprint density at radius 2 is 1.76 bits per heavy atom. The first-order valence-corrected chi connectivity index (χ1v) is 13.5. The highest BCUT2D eigenvalue weighted by Crippen LogP contribution is 2.26. The van der Waals surface area contributed by atoms with E-state index in [9.17, 15) is 12.8 Å². The molecule has 0 aromatic carbocycles. The average Bonchev–Trinajstić information content (AvgIpc) is 2.83. The van der Waals surface area contributed by atoms with E-state index in [-0.39, 0.29) is 11.8 Å². The van der Waals surface area contributed by atoms with E-state index in [1.54, 1.807) is 30.7 Å². The summed E-state index contributed by atoms with van der Waals surface area (Å²) < 4.78 is 40.0. The number of nitrogens with one attached hydrogen (secondary N) is 2. The van der Waals surface area contributed by atoms with Crippen molar-refractivity contribution in [3.05, 3.63) is 24.5 Å². The number of unbranched alkanes of at least 4 members (excludes halogenated alkanes) is 5. The van der Waals surface area contributed by atoms with Gasteiger partial charge in [0, 0.05) is 37.7 Å². The maximum Gasteiger partial charge on any atom is 0.217 e. The number of nitrogens with zero attached hydrogens (tertiary/aromatic N) is 4. The summed E-state index contributed by atoms with van der Waals surface area (Å²) >= 11 is 0. The summed E-state index contributed by atoms with van der Waals surface area (Å²) in [4.78, 5) is 7.72. The van der Waals surface area contributed by atoms with E-state index in [0.29, 0.717) is 31.9 Å². The molecule has 1 aromatic heterocycles. The number of hydrogen-bond donors (Lipinski definition) is 2. The maximum absolute atomic E-state index is 13.0. The Morgan fingerprint density at radius 3 is 2.42 bits per heavy atom. The SMILES string of the molecule is N#C/N=C(\NCCCCCCCCN(CCF)S(=O)(=O)C1CCCCC1)Nc1ccncc1. The summed E-state index contributed by atoms with van der Waals surface area (Å²) in [7, 11) is -3.39. The summed E-state index contributed by atoms with van der Waals surface area (Å²) in [6.07, 6.45) is 15.2. The van der Waals surface area contributed by atoms with Crippen LogP contribution in [0.15, 0.2) is 29.5 Å². The fourth-order valence-electron chi connectivity index (χ4n) is 4.10. The largest absolute Gasteiger partial charge is 0.355 e. The molecule has 0 saturated heterocycles. The van der Waals surface area contributed by atoms with Crippen molar-refractivity contribution in [1.29, 1.82) is 5.26 Å². The predicted octanol–water partition coefficient (Wildman–Crippen LogP) is 4.19.